The highest BCUT2D eigenvalue weighted by Crippen LogP contribution is 2.51. The van der Waals surface area contributed by atoms with Crippen molar-refractivity contribution in [2.75, 3.05) is 0 Å². The molecule has 0 aliphatic heterocycles. The quantitative estimate of drug-likeness (QED) is 0.181. The molecule has 2 aliphatic rings. The lowest BCUT2D eigenvalue weighted by molar-refractivity contribution is 1.24. The van der Waals surface area contributed by atoms with E-state index in [2.05, 4.69) is 109 Å². The molecule has 0 saturated heterocycles. The van der Waals surface area contributed by atoms with E-state index in [0.29, 0.717) is 0 Å². The third kappa shape index (κ3) is 2.24. The second-order valence-corrected chi connectivity index (χ2v) is 12.1. The third-order valence-corrected chi connectivity index (χ3v) is 10.1. The van der Waals surface area contributed by atoms with Crippen LogP contribution in [0, 0.1) is 0 Å². The zero-order valence-corrected chi connectivity index (χ0v) is 21.8. The van der Waals surface area contributed by atoms with Crippen molar-refractivity contribution in [3.05, 3.63) is 131 Å². The van der Waals surface area contributed by atoms with E-state index in [1.807, 2.05) is 0 Å². The van der Waals surface area contributed by atoms with Gasteiger partial charge in [0.1, 0.15) is 0 Å². The van der Waals surface area contributed by atoms with Crippen molar-refractivity contribution in [1.82, 2.24) is 0 Å². The van der Waals surface area contributed by atoms with E-state index < -0.39 is 0 Å². The van der Waals surface area contributed by atoms with E-state index in [0.717, 1.165) is 12.8 Å². The predicted molar refractivity (Wildman–Crippen MR) is 170 cm³/mol. The molecule has 0 heterocycles. The second-order valence-electron chi connectivity index (χ2n) is 12.1. The van der Waals surface area contributed by atoms with Crippen LogP contribution >= 0.6 is 0 Å². The predicted octanol–water partition coefficient (Wildman–Crippen LogP) is 10.6. The van der Waals surface area contributed by atoms with Gasteiger partial charge in [0.25, 0.3) is 0 Å². The van der Waals surface area contributed by atoms with Crippen molar-refractivity contribution in [2.24, 2.45) is 0 Å². The van der Waals surface area contributed by atoms with Gasteiger partial charge in [0.15, 0.2) is 0 Å². The largest absolute Gasteiger partial charge is 0.0610 e. The Bertz CT molecular complexity index is 2370. The summed E-state index contributed by atoms with van der Waals surface area (Å²) in [6.45, 7) is 0. The standard InChI is InChI=1S/C40H22/c1-3-21-7-9-25-15-29-17-27-20-34-28(19-33(27)37(29)31-13-11-23(5-1)35(21)39(25)31)18-30-16-26-10-8-22-4-2-6-24-12-14-32(38(30)34)40(26)36(22)24/h1-16,19-20H,17-18H2. The van der Waals surface area contributed by atoms with Crippen LogP contribution in [-0.2, 0) is 12.8 Å². The Balaban J connectivity index is 1.20. The molecule has 0 nitrogen and oxygen atoms in total. The zero-order chi connectivity index (χ0) is 25.7. The molecule has 0 unspecified atom stereocenters. The number of benzene rings is 9. The van der Waals surface area contributed by atoms with Gasteiger partial charge in [0.05, 0.1) is 0 Å². The van der Waals surface area contributed by atoms with Gasteiger partial charge in [-0.25, -0.2) is 0 Å². The van der Waals surface area contributed by atoms with Gasteiger partial charge in [0.2, 0.25) is 0 Å². The minimum absolute atomic E-state index is 1.01. The SMILES string of the molecule is c1cc2ccc3cc4c(c5ccc(c1)c2c35)-c1cc2c(cc1C4)-c1c(cc3ccc4cccc5ccc1c3c45)C2. The molecule has 2 aliphatic carbocycles. The van der Waals surface area contributed by atoms with E-state index in [9.17, 15) is 0 Å². The molecule has 0 atom stereocenters. The van der Waals surface area contributed by atoms with Crippen molar-refractivity contribution in [3.8, 4) is 22.3 Å². The maximum atomic E-state index is 2.54. The van der Waals surface area contributed by atoms with Crippen molar-refractivity contribution >= 4 is 64.6 Å². The fourth-order valence-electron chi connectivity index (χ4n) is 8.51. The number of hydrogen-bond donors (Lipinski definition) is 0. The van der Waals surface area contributed by atoms with Crippen LogP contribution in [0.5, 0.6) is 0 Å². The monoisotopic (exact) mass is 502 g/mol. The number of fused-ring (bicyclic) bond motifs is 8. The van der Waals surface area contributed by atoms with Gasteiger partial charge >= 0.3 is 0 Å². The van der Waals surface area contributed by atoms with Crippen LogP contribution in [0.1, 0.15) is 22.3 Å². The average molecular weight is 503 g/mol. The summed E-state index contributed by atoms with van der Waals surface area (Å²) >= 11 is 0. The summed E-state index contributed by atoms with van der Waals surface area (Å²) in [4.78, 5) is 0. The highest BCUT2D eigenvalue weighted by Gasteiger charge is 2.29. The Hall–Kier alpha value is -4.94. The molecule has 0 aromatic heterocycles. The van der Waals surface area contributed by atoms with Gasteiger partial charge in [0, 0.05) is 0 Å². The number of rotatable bonds is 0. The minimum Gasteiger partial charge on any atom is -0.0610 e. The summed E-state index contributed by atoms with van der Waals surface area (Å²) in [5, 5.41) is 16.6. The van der Waals surface area contributed by atoms with Crippen LogP contribution in [0.25, 0.3) is 86.9 Å². The molecule has 9 aromatic carbocycles. The average Bonchev–Trinajstić information content (AvgIpc) is 3.53. The summed E-state index contributed by atoms with van der Waals surface area (Å²) in [6.07, 6.45) is 2.02. The Kier molecular flexibility index (Phi) is 3.31. The van der Waals surface area contributed by atoms with Crippen LogP contribution in [0.15, 0.2) is 109 Å². The molecular formula is C40H22. The van der Waals surface area contributed by atoms with Gasteiger partial charge in [-0.15, -0.1) is 0 Å². The molecular weight excluding hydrogens is 480 g/mol. The van der Waals surface area contributed by atoms with Crippen LogP contribution < -0.4 is 0 Å². The molecule has 182 valence electrons. The Morgan fingerprint density at radius 3 is 1.18 bits per heavy atom. The Morgan fingerprint density at radius 1 is 0.325 bits per heavy atom. The second kappa shape index (κ2) is 6.61. The number of hydrogen-bond acceptors (Lipinski definition) is 0. The highest BCUT2D eigenvalue weighted by molar-refractivity contribution is 6.28. The lowest BCUT2D eigenvalue weighted by atomic mass is 9.88. The molecule has 11 rings (SSSR count). The van der Waals surface area contributed by atoms with Gasteiger partial charge in [-0.1, -0.05) is 97.1 Å². The molecule has 0 spiro atoms. The van der Waals surface area contributed by atoms with E-state index >= 15 is 0 Å². The lowest BCUT2D eigenvalue weighted by Crippen LogP contribution is -1.89. The fraction of sp³-hybridized carbons (Fsp3) is 0.0500. The third-order valence-electron chi connectivity index (χ3n) is 10.1. The van der Waals surface area contributed by atoms with Crippen molar-refractivity contribution in [3.63, 3.8) is 0 Å². The normalized spacial score (nSPS) is 13.8. The maximum Gasteiger partial charge on any atom is -0.00128 e. The Labute approximate surface area is 230 Å². The van der Waals surface area contributed by atoms with Gasteiger partial charge < -0.3 is 0 Å². The first kappa shape index (κ1) is 20.0. The topological polar surface area (TPSA) is 0 Å². The van der Waals surface area contributed by atoms with Crippen LogP contribution in [0.4, 0.5) is 0 Å². The maximum absolute atomic E-state index is 2.54. The van der Waals surface area contributed by atoms with Crippen molar-refractivity contribution in [2.45, 2.75) is 12.8 Å². The Morgan fingerprint density at radius 2 is 0.725 bits per heavy atom. The van der Waals surface area contributed by atoms with Gasteiger partial charge in [-0.2, -0.15) is 0 Å². The molecule has 0 bridgehead atoms. The summed E-state index contributed by atoms with van der Waals surface area (Å²) in [5.41, 5.74) is 11.7. The summed E-state index contributed by atoms with van der Waals surface area (Å²) < 4.78 is 0. The minimum atomic E-state index is 1.01. The van der Waals surface area contributed by atoms with E-state index in [1.165, 1.54) is 109 Å². The zero-order valence-electron chi connectivity index (χ0n) is 21.8. The smallest absolute Gasteiger partial charge is 0.00128 e. The van der Waals surface area contributed by atoms with E-state index in [4.69, 9.17) is 0 Å². The van der Waals surface area contributed by atoms with Crippen molar-refractivity contribution < 1.29 is 0 Å². The molecule has 40 heavy (non-hydrogen) atoms. The van der Waals surface area contributed by atoms with E-state index in [-0.39, 0.29) is 0 Å². The summed E-state index contributed by atoms with van der Waals surface area (Å²) in [7, 11) is 0. The molecule has 0 amide bonds. The molecule has 0 saturated carbocycles. The molecule has 9 aromatic rings. The fourth-order valence-corrected chi connectivity index (χ4v) is 8.51. The summed E-state index contributed by atoms with van der Waals surface area (Å²) in [5.74, 6) is 0. The van der Waals surface area contributed by atoms with Crippen LogP contribution in [-0.4, -0.2) is 0 Å². The van der Waals surface area contributed by atoms with Gasteiger partial charge in [-0.05, 0) is 134 Å². The first-order valence-electron chi connectivity index (χ1n) is 14.4. The van der Waals surface area contributed by atoms with E-state index in [1.54, 1.807) is 0 Å². The molecule has 0 heteroatoms. The van der Waals surface area contributed by atoms with Crippen LogP contribution in [0.3, 0.4) is 0 Å². The first-order chi connectivity index (χ1) is 19.8. The van der Waals surface area contributed by atoms with Gasteiger partial charge in [-0.3, -0.25) is 0 Å². The molecule has 0 N–H and O–H groups in total. The lowest BCUT2D eigenvalue weighted by Gasteiger charge is -2.15. The molecule has 0 fully saturated rings. The summed E-state index contributed by atoms with van der Waals surface area (Å²) in [6, 6.07) is 42.0. The van der Waals surface area contributed by atoms with Crippen LogP contribution in [0.2, 0.25) is 0 Å². The molecule has 0 radical (unpaired) electrons. The first-order valence-corrected chi connectivity index (χ1v) is 14.4. The highest BCUT2D eigenvalue weighted by atomic mass is 14.3. The van der Waals surface area contributed by atoms with Crippen molar-refractivity contribution in [1.29, 1.82) is 0 Å².